The molecular weight excluding hydrogens is 328 g/mol. The molecule has 0 saturated heterocycles. The van der Waals surface area contributed by atoms with Crippen LogP contribution in [-0.2, 0) is 14.3 Å². The number of ether oxygens (including phenoxy) is 1. The van der Waals surface area contributed by atoms with Crippen LogP contribution >= 0.6 is 0 Å². The second kappa shape index (κ2) is 13.2. The standard InChI is InChI=1S/C22H40O4/c1-4-10-20(12-9-7-5-6-8-11-17(2)3)26-22(25)19-15-13-18(14-16-19)21(23)24/h17-20H,4-16H2,1-3H3,(H,23,24). The largest absolute Gasteiger partial charge is 0.481 e. The Bertz CT molecular complexity index is 397. The Balaban J connectivity index is 2.23. The van der Waals surface area contributed by atoms with E-state index in [1.54, 1.807) is 0 Å². The number of esters is 1. The van der Waals surface area contributed by atoms with Crippen LogP contribution < -0.4 is 0 Å². The van der Waals surface area contributed by atoms with E-state index < -0.39 is 5.97 Å². The van der Waals surface area contributed by atoms with Gasteiger partial charge in [0.15, 0.2) is 0 Å². The fraction of sp³-hybridized carbons (Fsp3) is 0.909. The number of carboxylic acids is 1. The van der Waals surface area contributed by atoms with Crippen LogP contribution in [0, 0.1) is 17.8 Å². The Morgan fingerprint density at radius 2 is 1.42 bits per heavy atom. The molecule has 0 aromatic heterocycles. The zero-order valence-corrected chi connectivity index (χ0v) is 17.2. The molecule has 0 spiro atoms. The van der Waals surface area contributed by atoms with Gasteiger partial charge in [0.25, 0.3) is 0 Å². The van der Waals surface area contributed by atoms with Crippen molar-refractivity contribution in [3.05, 3.63) is 0 Å². The van der Waals surface area contributed by atoms with Crippen LogP contribution in [-0.4, -0.2) is 23.1 Å². The molecule has 0 aromatic rings. The summed E-state index contributed by atoms with van der Waals surface area (Å²) in [5.74, 6) is -0.394. The predicted molar refractivity (Wildman–Crippen MR) is 105 cm³/mol. The molecule has 1 fully saturated rings. The minimum absolute atomic E-state index is 0.0420. The molecule has 1 aliphatic rings. The third-order valence-electron chi connectivity index (χ3n) is 5.61. The molecule has 1 rings (SSSR count). The summed E-state index contributed by atoms with van der Waals surface area (Å²) in [6, 6.07) is 0. The number of hydrogen-bond acceptors (Lipinski definition) is 3. The van der Waals surface area contributed by atoms with Gasteiger partial charge in [-0.3, -0.25) is 9.59 Å². The van der Waals surface area contributed by atoms with E-state index in [-0.39, 0.29) is 23.9 Å². The zero-order chi connectivity index (χ0) is 19.4. The number of carbonyl (C=O) groups excluding carboxylic acids is 1. The van der Waals surface area contributed by atoms with Crippen LogP contribution in [0.3, 0.4) is 0 Å². The molecule has 4 nitrogen and oxygen atoms in total. The smallest absolute Gasteiger partial charge is 0.309 e. The Kier molecular flexibility index (Phi) is 11.6. The number of carboxylic acid groups (broad SMARTS) is 1. The lowest BCUT2D eigenvalue weighted by Gasteiger charge is -2.26. The average molecular weight is 369 g/mol. The summed E-state index contributed by atoms with van der Waals surface area (Å²) >= 11 is 0. The highest BCUT2D eigenvalue weighted by Crippen LogP contribution is 2.30. The lowest BCUT2D eigenvalue weighted by molar-refractivity contribution is -0.158. The Hall–Kier alpha value is -1.06. The van der Waals surface area contributed by atoms with Gasteiger partial charge in [-0.2, -0.15) is 0 Å². The van der Waals surface area contributed by atoms with Gasteiger partial charge in [0.1, 0.15) is 6.10 Å². The topological polar surface area (TPSA) is 63.6 Å². The van der Waals surface area contributed by atoms with E-state index in [1.807, 2.05) is 0 Å². The zero-order valence-electron chi connectivity index (χ0n) is 17.2. The second-order valence-electron chi connectivity index (χ2n) is 8.47. The van der Waals surface area contributed by atoms with Gasteiger partial charge in [-0.25, -0.2) is 0 Å². The average Bonchev–Trinajstić information content (AvgIpc) is 2.60. The van der Waals surface area contributed by atoms with Crippen molar-refractivity contribution in [1.82, 2.24) is 0 Å². The van der Waals surface area contributed by atoms with Crippen molar-refractivity contribution in [2.45, 2.75) is 110 Å². The summed E-state index contributed by atoms with van der Waals surface area (Å²) in [5.41, 5.74) is 0. The predicted octanol–water partition coefficient (Wildman–Crippen LogP) is 5.98. The number of hydrogen-bond donors (Lipinski definition) is 1. The van der Waals surface area contributed by atoms with Crippen LogP contribution in [0.4, 0.5) is 0 Å². The van der Waals surface area contributed by atoms with E-state index in [0.717, 1.165) is 31.6 Å². The van der Waals surface area contributed by atoms with Crippen LogP contribution in [0.5, 0.6) is 0 Å². The first-order chi connectivity index (χ1) is 12.4. The maximum absolute atomic E-state index is 12.4. The molecule has 1 N–H and O–H groups in total. The number of aliphatic carboxylic acids is 1. The molecule has 1 saturated carbocycles. The molecule has 26 heavy (non-hydrogen) atoms. The van der Waals surface area contributed by atoms with Crippen molar-refractivity contribution in [3.8, 4) is 0 Å². The summed E-state index contributed by atoms with van der Waals surface area (Å²) in [4.78, 5) is 23.5. The van der Waals surface area contributed by atoms with Crippen LogP contribution in [0.1, 0.15) is 104 Å². The molecule has 0 radical (unpaired) electrons. The number of unbranched alkanes of at least 4 members (excludes halogenated alkanes) is 4. The highest BCUT2D eigenvalue weighted by atomic mass is 16.5. The van der Waals surface area contributed by atoms with Crippen LogP contribution in [0.2, 0.25) is 0 Å². The van der Waals surface area contributed by atoms with Gasteiger partial charge < -0.3 is 9.84 Å². The Morgan fingerprint density at radius 3 is 1.96 bits per heavy atom. The molecule has 0 heterocycles. The summed E-state index contributed by atoms with van der Waals surface area (Å²) < 4.78 is 5.80. The van der Waals surface area contributed by atoms with Gasteiger partial charge in [-0.15, -0.1) is 0 Å². The molecule has 0 aromatic carbocycles. The second-order valence-corrected chi connectivity index (χ2v) is 8.47. The SMILES string of the molecule is CCCC(CCCCCCCC(C)C)OC(=O)C1CCC(C(=O)O)CC1. The number of rotatable bonds is 13. The minimum Gasteiger partial charge on any atom is -0.481 e. The van der Waals surface area contributed by atoms with Gasteiger partial charge in [0.2, 0.25) is 0 Å². The normalized spacial score (nSPS) is 21.5. The summed E-state index contributed by atoms with van der Waals surface area (Å²) in [7, 11) is 0. The lowest BCUT2D eigenvalue weighted by Crippen LogP contribution is -2.29. The van der Waals surface area contributed by atoms with Crippen molar-refractivity contribution >= 4 is 11.9 Å². The third-order valence-corrected chi connectivity index (χ3v) is 5.61. The highest BCUT2D eigenvalue weighted by Gasteiger charge is 2.31. The molecule has 0 aliphatic heterocycles. The molecule has 4 heteroatoms. The molecular formula is C22H40O4. The van der Waals surface area contributed by atoms with E-state index in [1.165, 1.54) is 32.1 Å². The highest BCUT2D eigenvalue weighted by molar-refractivity contribution is 5.74. The van der Waals surface area contributed by atoms with E-state index in [2.05, 4.69) is 20.8 Å². The molecule has 1 unspecified atom stereocenters. The summed E-state index contributed by atoms with van der Waals surface area (Å²) in [6.45, 7) is 6.68. The van der Waals surface area contributed by atoms with E-state index in [0.29, 0.717) is 25.7 Å². The van der Waals surface area contributed by atoms with Crippen molar-refractivity contribution in [2.24, 2.45) is 17.8 Å². The summed E-state index contributed by atoms with van der Waals surface area (Å²) in [5, 5.41) is 9.06. The van der Waals surface area contributed by atoms with Gasteiger partial charge >= 0.3 is 11.9 Å². The fourth-order valence-electron chi connectivity index (χ4n) is 3.88. The van der Waals surface area contributed by atoms with E-state index in [4.69, 9.17) is 9.84 Å². The monoisotopic (exact) mass is 368 g/mol. The molecule has 152 valence electrons. The summed E-state index contributed by atoms with van der Waals surface area (Å²) in [6.07, 6.45) is 13.1. The van der Waals surface area contributed by atoms with E-state index >= 15 is 0 Å². The van der Waals surface area contributed by atoms with Gasteiger partial charge in [-0.1, -0.05) is 59.3 Å². The first-order valence-electron chi connectivity index (χ1n) is 10.9. The number of carbonyl (C=O) groups is 2. The maximum atomic E-state index is 12.4. The molecule has 0 amide bonds. The van der Waals surface area contributed by atoms with Crippen molar-refractivity contribution in [2.75, 3.05) is 0 Å². The fourth-order valence-corrected chi connectivity index (χ4v) is 3.88. The minimum atomic E-state index is -0.728. The van der Waals surface area contributed by atoms with Gasteiger partial charge in [0, 0.05) is 0 Å². The van der Waals surface area contributed by atoms with Gasteiger partial charge in [-0.05, 0) is 50.9 Å². The van der Waals surface area contributed by atoms with Crippen LogP contribution in [0.15, 0.2) is 0 Å². The maximum Gasteiger partial charge on any atom is 0.309 e. The molecule has 1 aliphatic carbocycles. The van der Waals surface area contributed by atoms with Gasteiger partial charge in [0.05, 0.1) is 11.8 Å². The molecule has 0 bridgehead atoms. The van der Waals surface area contributed by atoms with Crippen molar-refractivity contribution < 1.29 is 19.4 Å². The van der Waals surface area contributed by atoms with Crippen LogP contribution in [0.25, 0.3) is 0 Å². The quantitative estimate of drug-likeness (QED) is 0.321. The van der Waals surface area contributed by atoms with Crippen molar-refractivity contribution in [1.29, 1.82) is 0 Å². The Morgan fingerprint density at radius 1 is 0.885 bits per heavy atom. The Labute approximate surface area is 160 Å². The lowest BCUT2D eigenvalue weighted by atomic mass is 9.82. The van der Waals surface area contributed by atoms with Crippen molar-refractivity contribution in [3.63, 3.8) is 0 Å². The molecule has 1 atom stereocenters. The first kappa shape index (κ1) is 23.0. The first-order valence-corrected chi connectivity index (χ1v) is 10.9. The third kappa shape index (κ3) is 9.59. The van der Waals surface area contributed by atoms with E-state index in [9.17, 15) is 9.59 Å².